The van der Waals surface area contributed by atoms with E-state index >= 15 is 0 Å². The average molecular weight is 307 g/mol. The molecule has 0 fully saturated rings. The van der Waals surface area contributed by atoms with Crippen molar-refractivity contribution in [2.75, 3.05) is 5.32 Å². The summed E-state index contributed by atoms with van der Waals surface area (Å²) < 4.78 is 0. The molecule has 0 bridgehead atoms. The number of aromatic nitrogens is 2. The van der Waals surface area contributed by atoms with Gasteiger partial charge in [0, 0.05) is 11.3 Å². The number of benzene rings is 2. The highest BCUT2D eigenvalue weighted by Crippen LogP contribution is 2.27. The van der Waals surface area contributed by atoms with Crippen molar-refractivity contribution in [3.8, 4) is 17.0 Å². The van der Waals surface area contributed by atoms with Crippen molar-refractivity contribution < 1.29 is 9.90 Å². The fraction of sp³-hybridized carbons (Fsp3) is 0.111. The van der Waals surface area contributed by atoms with Crippen molar-refractivity contribution >= 4 is 11.6 Å². The molecule has 5 nitrogen and oxygen atoms in total. The topological polar surface area (TPSA) is 78.0 Å². The van der Waals surface area contributed by atoms with Gasteiger partial charge in [-0.2, -0.15) is 5.10 Å². The lowest BCUT2D eigenvalue weighted by molar-refractivity contribution is 0.102. The number of H-pyrrole nitrogens is 1. The minimum atomic E-state index is -0.276. The van der Waals surface area contributed by atoms with Crippen molar-refractivity contribution in [1.29, 1.82) is 0 Å². The van der Waals surface area contributed by atoms with Crippen molar-refractivity contribution in [3.05, 3.63) is 65.4 Å². The molecule has 0 spiro atoms. The third kappa shape index (κ3) is 3.08. The number of hydrogen-bond acceptors (Lipinski definition) is 3. The van der Waals surface area contributed by atoms with Crippen molar-refractivity contribution in [2.24, 2.45) is 0 Å². The Morgan fingerprint density at radius 3 is 2.61 bits per heavy atom. The smallest absolute Gasteiger partial charge is 0.273 e. The zero-order chi connectivity index (χ0) is 16.4. The van der Waals surface area contributed by atoms with Crippen LogP contribution in [0.5, 0.6) is 5.75 Å². The van der Waals surface area contributed by atoms with Crippen LogP contribution in [0.3, 0.4) is 0 Å². The molecule has 1 aromatic heterocycles. The number of phenolic OH excluding ortho intramolecular Hbond substituents is 1. The Hall–Kier alpha value is -3.08. The predicted octanol–water partition coefficient (Wildman–Crippen LogP) is 3.65. The fourth-order valence-corrected chi connectivity index (χ4v) is 2.28. The molecule has 0 aliphatic carbocycles. The quantitative estimate of drug-likeness (QED) is 0.691. The summed E-state index contributed by atoms with van der Waals surface area (Å²) in [6.45, 7) is 4.02. The van der Waals surface area contributed by atoms with E-state index in [0.29, 0.717) is 17.0 Å². The number of hydrogen-bond donors (Lipinski definition) is 3. The summed E-state index contributed by atoms with van der Waals surface area (Å²) in [5.74, 6) is -0.150. The van der Waals surface area contributed by atoms with E-state index in [9.17, 15) is 9.90 Å². The number of phenols is 1. The van der Waals surface area contributed by atoms with E-state index in [1.54, 1.807) is 30.3 Å². The lowest BCUT2D eigenvalue weighted by atomic mass is 10.1. The van der Waals surface area contributed by atoms with Crippen LogP contribution in [0.4, 0.5) is 5.69 Å². The van der Waals surface area contributed by atoms with Crippen molar-refractivity contribution in [1.82, 2.24) is 10.2 Å². The van der Waals surface area contributed by atoms with Gasteiger partial charge >= 0.3 is 0 Å². The van der Waals surface area contributed by atoms with Gasteiger partial charge in [0.05, 0.1) is 5.69 Å². The molecule has 3 aromatic rings. The van der Waals surface area contributed by atoms with Gasteiger partial charge in [-0.3, -0.25) is 9.89 Å². The molecule has 3 rings (SSSR count). The highest BCUT2D eigenvalue weighted by Gasteiger charge is 2.13. The number of aryl methyl sites for hydroxylation is 2. The SMILES string of the molecule is Cc1ccc(NC(=O)c2cc(-c3ccccc3O)n[nH]2)cc1C. The van der Waals surface area contributed by atoms with E-state index in [-0.39, 0.29) is 11.7 Å². The average Bonchev–Trinajstić information content (AvgIpc) is 3.01. The van der Waals surface area contributed by atoms with E-state index in [2.05, 4.69) is 15.5 Å². The number of nitrogens with zero attached hydrogens (tertiary/aromatic N) is 1. The van der Waals surface area contributed by atoms with Crippen LogP contribution in [0.15, 0.2) is 48.5 Å². The Labute approximate surface area is 134 Å². The number of carbonyl (C=O) groups excluding carboxylic acids is 1. The molecule has 116 valence electrons. The molecule has 0 aliphatic rings. The van der Waals surface area contributed by atoms with Gasteiger partial charge in [0.15, 0.2) is 0 Å². The third-order valence-corrected chi connectivity index (χ3v) is 3.77. The minimum Gasteiger partial charge on any atom is -0.507 e. The van der Waals surface area contributed by atoms with Crippen LogP contribution in [-0.2, 0) is 0 Å². The van der Waals surface area contributed by atoms with Crippen molar-refractivity contribution in [3.63, 3.8) is 0 Å². The molecule has 1 heterocycles. The first kappa shape index (κ1) is 14.8. The molecule has 0 saturated carbocycles. The van der Waals surface area contributed by atoms with Crippen LogP contribution in [0.2, 0.25) is 0 Å². The molecule has 2 aromatic carbocycles. The molecule has 0 saturated heterocycles. The van der Waals surface area contributed by atoms with Gasteiger partial charge in [0.1, 0.15) is 11.4 Å². The fourth-order valence-electron chi connectivity index (χ4n) is 2.28. The lowest BCUT2D eigenvalue weighted by Crippen LogP contribution is -2.12. The van der Waals surface area contributed by atoms with Gasteiger partial charge in [0.25, 0.3) is 5.91 Å². The first-order chi connectivity index (χ1) is 11.0. The van der Waals surface area contributed by atoms with Crippen molar-refractivity contribution in [2.45, 2.75) is 13.8 Å². The Morgan fingerprint density at radius 2 is 1.87 bits per heavy atom. The number of rotatable bonds is 3. The number of anilines is 1. The van der Waals surface area contributed by atoms with Crippen LogP contribution < -0.4 is 5.32 Å². The molecule has 23 heavy (non-hydrogen) atoms. The summed E-state index contributed by atoms with van der Waals surface area (Å²) in [5, 5.41) is 19.5. The monoisotopic (exact) mass is 307 g/mol. The Bertz CT molecular complexity index is 868. The first-order valence-corrected chi connectivity index (χ1v) is 7.27. The Balaban J connectivity index is 1.81. The van der Waals surface area contributed by atoms with Crippen LogP contribution in [-0.4, -0.2) is 21.2 Å². The van der Waals surface area contributed by atoms with Gasteiger partial charge in [-0.05, 0) is 55.3 Å². The highest BCUT2D eigenvalue weighted by atomic mass is 16.3. The summed E-state index contributed by atoms with van der Waals surface area (Å²) in [6, 6.07) is 14.2. The van der Waals surface area contributed by atoms with E-state index in [4.69, 9.17) is 0 Å². The van der Waals surface area contributed by atoms with Gasteiger partial charge in [-0.1, -0.05) is 18.2 Å². The molecule has 0 radical (unpaired) electrons. The van der Waals surface area contributed by atoms with Crippen LogP contribution in [0.25, 0.3) is 11.3 Å². The highest BCUT2D eigenvalue weighted by molar-refractivity contribution is 6.03. The summed E-state index contributed by atoms with van der Waals surface area (Å²) in [4.78, 5) is 12.3. The second kappa shape index (κ2) is 5.96. The van der Waals surface area contributed by atoms with E-state index in [1.165, 1.54) is 5.56 Å². The normalized spacial score (nSPS) is 10.5. The lowest BCUT2D eigenvalue weighted by Gasteiger charge is -2.06. The molecule has 1 amide bonds. The van der Waals surface area contributed by atoms with E-state index in [0.717, 1.165) is 11.3 Å². The molecule has 0 atom stereocenters. The summed E-state index contributed by atoms with van der Waals surface area (Å²) in [6.07, 6.45) is 0. The largest absolute Gasteiger partial charge is 0.507 e. The molecule has 0 unspecified atom stereocenters. The first-order valence-electron chi connectivity index (χ1n) is 7.27. The zero-order valence-electron chi connectivity index (χ0n) is 12.9. The molecule has 5 heteroatoms. The minimum absolute atomic E-state index is 0.125. The number of aromatic amines is 1. The summed E-state index contributed by atoms with van der Waals surface area (Å²) in [7, 11) is 0. The second-order valence-electron chi connectivity index (χ2n) is 5.44. The maximum Gasteiger partial charge on any atom is 0.273 e. The number of nitrogens with one attached hydrogen (secondary N) is 2. The standard InChI is InChI=1S/C18H17N3O2/c1-11-7-8-13(9-12(11)2)19-18(23)16-10-15(20-21-16)14-5-3-4-6-17(14)22/h3-10,22H,1-2H3,(H,19,23)(H,20,21). The maximum absolute atomic E-state index is 12.3. The van der Waals surface area contributed by atoms with Crippen LogP contribution in [0, 0.1) is 13.8 Å². The number of amides is 1. The number of para-hydroxylation sites is 1. The van der Waals surface area contributed by atoms with E-state index in [1.807, 2.05) is 32.0 Å². The molecule has 3 N–H and O–H groups in total. The molecule has 0 aliphatic heterocycles. The van der Waals surface area contributed by atoms with Gasteiger partial charge in [-0.15, -0.1) is 0 Å². The Morgan fingerprint density at radius 1 is 1.09 bits per heavy atom. The van der Waals surface area contributed by atoms with Gasteiger partial charge in [0.2, 0.25) is 0 Å². The maximum atomic E-state index is 12.3. The zero-order valence-corrected chi connectivity index (χ0v) is 12.9. The Kier molecular flexibility index (Phi) is 3.85. The molecular weight excluding hydrogens is 290 g/mol. The number of aromatic hydroxyl groups is 1. The number of carbonyl (C=O) groups is 1. The van der Waals surface area contributed by atoms with Crippen LogP contribution >= 0.6 is 0 Å². The van der Waals surface area contributed by atoms with E-state index < -0.39 is 0 Å². The molecular formula is C18H17N3O2. The van der Waals surface area contributed by atoms with Gasteiger partial charge < -0.3 is 10.4 Å². The second-order valence-corrected chi connectivity index (χ2v) is 5.44. The van der Waals surface area contributed by atoms with Crippen LogP contribution in [0.1, 0.15) is 21.6 Å². The third-order valence-electron chi connectivity index (χ3n) is 3.77. The van der Waals surface area contributed by atoms with Gasteiger partial charge in [-0.25, -0.2) is 0 Å². The predicted molar refractivity (Wildman–Crippen MR) is 89.6 cm³/mol. The summed E-state index contributed by atoms with van der Waals surface area (Å²) >= 11 is 0. The summed E-state index contributed by atoms with van der Waals surface area (Å²) in [5.41, 5.74) is 4.45.